The van der Waals surface area contributed by atoms with Gasteiger partial charge in [-0.3, -0.25) is 0 Å². The Balaban J connectivity index is 1.69. The highest BCUT2D eigenvalue weighted by Crippen LogP contribution is 2.29. The van der Waals surface area contributed by atoms with Gasteiger partial charge in [0, 0.05) is 22.0 Å². The highest BCUT2D eigenvalue weighted by atomic mass is 35.5. The van der Waals surface area contributed by atoms with Crippen LogP contribution in [0.1, 0.15) is 4.88 Å². The summed E-state index contributed by atoms with van der Waals surface area (Å²) in [4.78, 5) is 2.56. The summed E-state index contributed by atoms with van der Waals surface area (Å²) >= 11 is 13.7. The van der Waals surface area contributed by atoms with Crippen molar-refractivity contribution in [1.82, 2.24) is 0 Å². The number of halogens is 2. The Morgan fingerprint density at radius 2 is 1.67 bits per heavy atom. The van der Waals surface area contributed by atoms with Gasteiger partial charge in [-0.25, -0.2) is 0 Å². The average molecular weight is 334 g/mol. The van der Waals surface area contributed by atoms with Gasteiger partial charge in [0.2, 0.25) is 0 Å². The molecule has 4 heteroatoms. The Hall–Kier alpha value is -1.48. The molecule has 2 aromatic carbocycles. The van der Waals surface area contributed by atoms with Crippen molar-refractivity contribution in [3.05, 3.63) is 75.6 Å². The second kappa shape index (κ2) is 6.52. The van der Waals surface area contributed by atoms with Crippen molar-refractivity contribution in [3.63, 3.8) is 0 Å². The first-order chi connectivity index (χ1) is 10.2. The van der Waals surface area contributed by atoms with E-state index in [0.29, 0.717) is 10.0 Å². The smallest absolute Gasteiger partial charge is 0.0612 e. The van der Waals surface area contributed by atoms with E-state index in [1.165, 1.54) is 15.3 Å². The van der Waals surface area contributed by atoms with Crippen molar-refractivity contribution in [2.24, 2.45) is 0 Å². The van der Waals surface area contributed by atoms with Gasteiger partial charge < -0.3 is 5.32 Å². The van der Waals surface area contributed by atoms with Crippen LogP contribution in [-0.2, 0) is 6.54 Å². The summed E-state index contributed by atoms with van der Waals surface area (Å²) in [6.45, 7) is 0.773. The second-order valence-electron chi connectivity index (χ2n) is 4.61. The topological polar surface area (TPSA) is 12.0 Å². The van der Waals surface area contributed by atoms with Gasteiger partial charge in [-0.15, -0.1) is 11.3 Å². The lowest BCUT2D eigenvalue weighted by Gasteiger charge is -2.06. The van der Waals surface area contributed by atoms with E-state index in [1.807, 2.05) is 18.2 Å². The number of hydrogen-bond acceptors (Lipinski definition) is 2. The SMILES string of the molecule is Clc1ccc(NCc2ccc(-c3ccccc3)s2)cc1Cl. The normalized spacial score (nSPS) is 10.6. The van der Waals surface area contributed by atoms with E-state index in [9.17, 15) is 0 Å². The average Bonchev–Trinajstić information content (AvgIpc) is 2.98. The molecule has 1 nitrogen and oxygen atoms in total. The fourth-order valence-electron chi connectivity index (χ4n) is 2.03. The number of hydrogen-bond donors (Lipinski definition) is 1. The molecule has 0 bridgehead atoms. The molecule has 1 heterocycles. The lowest BCUT2D eigenvalue weighted by molar-refractivity contribution is 1.19. The molecule has 0 aliphatic carbocycles. The predicted octanol–water partition coefficient (Wildman–Crippen LogP) is 6.33. The zero-order valence-electron chi connectivity index (χ0n) is 11.1. The summed E-state index contributed by atoms with van der Waals surface area (Å²) in [6, 6.07) is 20.3. The number of benzene rings is 2. The molecule has 0 fully saturated rings. The first kappa shape index (κ1) is 14.5. The largest absolute Gasteiger partial charge is 0.380 e. The quantitative estimate of drug-likeness (QED) is 0.587. The predicted molar refractivity (Wildman–Crippen MR) is 93.5 cm³/mol. The van der Waals surface area contributed by atoms with Crippen molar-refractivity contribution in [2.45, 2.75) is 6.54 Å². The minimum Gasteiger partial charge on any atom is -0.380 e. The summed E-state index contributed by atoms with van der Waals surface area (Å²) in [7, 11) is 0. The van der Waals surface area contributed by atoms with Gasteiger partial charge >= 0.3 is 0 Å². The van der Waals surface area contributed by atoms with Crippen molar-refractivity contribution >= 4 is 40.2 Å². The van der Waals surface area contributed by atoms with E-state index in [4.69, 9.17) is 23.2 Å². The van der Waals surface area contributed by atoms with E-state index in [0.717, 1.165) is 12.2 Å². The molecule has 106 valence electrons. The van der Waals surface area contributed by atoms with Crippen LogP contribution in [0.4, 0.5) is 5.69 Å². The zero-order chi connectivity index (χ0) is 14.7. The van der Waals surface area contributed by atoms with E-state index in [1.54, 1.807) is 17.4 Å². The van der Waals surface area contributed by atoms with E-state index in [-0.39, 0.29) is 0 Å². The maximum atomic E-state index is 6.01. The Labute approximate surface area is 138 Å². The van der Waals surface area contributed by atoms with Gasteiger partial charge in [-0.2, -0.15) is 0 Å². The molecule has 1 aromatic heterocycles. The van der Waals surface area contributed by atoms with Gasteiger partial charge in [0.15, 0.2) is 0 Å². The van der Waals surface area contributed by atoms with Crippen molar-refractivity contribution < 1.29 is 0 Å². The summed E-state index contributed by atoms with van der Waals surface area (Å²) < 4.78 is 0. The maximum Gasteiger partial charge on any atom is 0.0612 e. The van der Waals surface area contributed by atoms with Crippen LogP contribution in [-0.4, -0.2) is 0 Å². The lowest BCUT2D eigenvalue weighted by Crippen LogP contribution is -1.96. The molecule has 1 N–H and O–H groups in total. The molecule has 0 aliphatic heterocycles. The lowest BCUT2D eigenvalue weighted by atomic mass is 10.2. The van der Waals surface area contributed by atoms with Crippen LogP contribution >= 0.6 is 34.5 Å². The number of anilines is 1. The molecule has 3 rings (SSSR count). The highest BCUT2D eigenvalue weighted by Gasteiger charge is 2.03. The minimum atomic E-state index is 0.567. The number of nitrogens with one attached hydrogen (secondary N) is 1. The highest BCUT2D eigenvalue weighted by molar-refractivity contribution is 7.15. The van der Waals surface area contributed by atoms with E-state index >= 15 is 0 Å². The molecule has 0 radical (unpaired) electrons. The van der Waals surface area contributed by atoms with Crippen LogP contribution in [0.5, 0.6) is 0 Å². The molecule has 21 heavy (non-hydrogen) atoms. The van der Waals surface area contributed by atoms with Crippen LogP contribution in [0.25, 0.3) is 10.4 Å². The molecule has 0 saturated heterocycles. The first-order valence-corrected chi connectivity index (χ1v) is 8.13. The zero-order valence-corrected chi connectivity index (χ0v) is 13.5. The minimum absolute atomic E-state index is 0.567. The van der Waals surface area contributed by atoms with Crippen LogP contribution in [0, 0.1) is 0 Å². The number of thiophene rings is 1. The third kappa shape index (κ3) is 3.59. The third-order valence-corrected chi connectivity index (χ3v) is 4.98. The first-order valence-electron chi connectivity index (χ1n) is 6.55. The van der Waals surface area contributed by atoms with Crippen LogP contribution in [0.15, 0.2) is 60.7 Å². The Bertz CT molecular complexity index is 738. The standard InChI is InChI=1S/C17H13Cl2NS/c18-15-8-6-13(10-16(15)19)20-11-14-7-9-17(21-14)12-4-2-1-3-5-12/h1-10,20H,11H2. The fourth-order valence-corrected chi connectivity index (χ4v) is 3.28. The monoisotopic (exact) mass is 333 g/mol. The molecule has 0 spiro atoms. The Morgan fingerprint density at radius 3 is 2.43 bits per heavy atom. The van der Waals surface area contributed by atoms with Crippen LogP contribution < -0.4 is 5.32 Å². The van der Waals surface area contributed by atoms with Gasteiger partial charge in [0.05, 0.1) is 10.0 Å². The third-order valence-electron chi connectivity index (χ3n) is 3.11. The fraction of sp³-hybridized carbons (Fsp3) is 0.0588. The van der Waals surface area contributed by atoms with Gasteiger partial charge in [0.1, 0.15) is 0 Å². The number of rotatable bonds is 4. The van der Waals surface area contributed by atoms with Gasteiger partial charge in [-0.05, 0) is 35.9 Å². The van der Waals surface area contributed by atoms with E-state index < -0.39 is 0 Å². The molecular formula is C17H13Cl2NS. The summed E-state index contributed by atoms with van der Waals surface area (Å²) in [5, 5.41) is 4.50. The second-order valence-corrected chi connectivity index (χ2v) is 6.60. The van der Waals surface area contributed by atoms with Crippen molar-refractivity contribution in [2.75, 3.05) is 5.32 Å². The summed E-state index contributed by atoms with van der Waals surface area (Å²) in [5.41, 5.74) is 2.22. The molecule has 0 unspecified atom stereocenters. The van der Waals surface area contributed by atoms with Crippen molar-refractivity contribution in [3.8, 4) is 10.4 Å². The van der Waals surface area contributed by atoms with Crippen LogP contribution in [0.3, 0.4) is 0 Å². The van der Waals surface area contributed by atoms with Crippen molar-refractivity contribution in [1.29, 1.82) is 0 Å². The van der Waals surface area contributed by atoms with Gasteiger partial charge in [-0.1, -0.05) is 53.5 Å². The molecule has 3 aromatic rings. The van der Waals surface area contributed by atoms with Gasteiger partial charge in [0.25, 0.3) is 0 Å². The molecule has 0 saturated carbocycles. The molecular weight excluding hydrogens is 321 g/mol. The molecule has 0 aliphatic rings. The molecule has 0 atom stereocenters. The van der Waals surface area contributed by atoms with Crippen LogP contribution in [0.2, 0.25) is 10.0 Å². The van der Waals surface area contributed by atoms with E-state index in [2.05, 4.69) is 41.7 Å². The summed E-state index contributed by atoms with van der Waals surface area (Å²) in [6.07, 6.45) is 0. The molecule has 0 amide bonds. The maximum absolute atomic E-state index is 6.01. The Morgan fingerprint density at radius 1 is 0.857 bits per heavy atom. The summed E-state index contributed by atoms with van der Waals surface area (Å²) in [5.74, 6) is 0. The Kier molecular flexibility index (Phi) is 4.49.